The largest absolute Gasteiger partial charge is 0.464 e. The lowest BCUT2D eigenvalue weighted by Crippen LogP contribution is -2.45. The number of hydrogen-bond donors (Lipinski definition) is 0. The second-order valence-corrected chi connectivity index (χ2v) is 7.50. The first-order valence-corrected chi connectivity index (χ1v) is 9.66. The summed E-state index contributed by atoms with van der Waals surface area (Å²) in [4.78, 5) is 31.2. The van der Waals surface area contributed by atoms with Crippen molar-refractivity contribution in [3.05, 3.63) is 51.6 Å². The third kappa shape index (κ3) is 3.27. The SMILES string of the molecule is CCOC(=O)C(C)(C)n1c(CC)nc2scc(-c3ccc(F)cc3)c2c1=O. The minimum Gasteiger partial charge on any atom is -0.464 e. The highest BCUT2D eigenvalue weighted by Gasteiger charge is 2.35. The molecule has 0 radical (unpaired) electrons. The number of halogens is 1. The lowest BCUT2D eigenvalue weighted by Gasteiger charge is -2.27. The number of aryl methyl sites for hydroxylation is 1. The first-order chi connectivity index (χ1) is 12.8. The molecule has 0 aliphatic carbocycles. The van der Waals surface area contributed by atoms with Crippen LogP contribution in [0.15, 0.2) is 34.4 Å². The van der Waals surface area contributed by atoms with Crippen molar-refractivity contribution in [2.75, 3.05) is 6.61 Å². The van der Waals surface area contributed by atoms with Crippen LogP contribution in [0.5, 0.6) is 0 Å². The number of esters is 1. The quantitative estimate of drug-likeness (QED) is 0.617. The summed E-state index contributed by atoms with van der Waals surface area (Å²) in [6.07, 6.45) is 0.498. The van der Waals surface area contributed by atoms with Gasteiger partial charge in [0, 0.05) is 17.4 Å². The fourth-order valence-corrected chi connectivity index (χ4v) is 4.04. The molecule has 0 unspecified atom stereocenters. The Morgan fingerprint density at radius 3 is 2.52 bits per heavy atom. The van der Waals surface area contributed by atoms with Crippen LogP contribution >= 0.6 is 11.3 Å². The van der Waals surface area contributed by atoms with Gasteiger partial charge in [0.15, 0.2) is 0 Å². The Hall–Kier alpha value is -2.54. The monoisotopic (exact) mass is 388 g/mol. The molecule has 0 atom stereocenters. The van der Waals surface area contributed by atoms with E-state index in [-0.39, 0.29) is 18.0 Å². The molecule has 27 heavy (non-hydrogen) atoms. The van der Waals surface area contributed by atoms with Crippen LogP contribution in [0, 0.1) is 5.82 Å². The standard InChI is InChI=1S/C20H21FN2O3S/c1-5-15-22-17-16(14(11-27-17)12-7-9-13(21)10-8-12)18(24)23(15)20(3,4)19(25)26-6-2/h7-11H,5-6H2,1-4H3. The molecule has 142 valence electrons. The van der Waals surface area contributed by atoms with E-state index >= 15 is 0 Å². The van der Waals surface area contributed by atoms with Gasteiger partial charge in [-0.2, -0.15) is 0 Å². The molecule has 0 aliphatic heterocycles. The van der Waals surface area contributed by atoms with E-state index in [4.69, 9.17) is 4.74 Å². The molecular weight excluding hydrogens is 367 g/mol. The van der Waals surface area contributed by atoms with Crippen molar-refractivity contribution in [2.45, 2.75) is 39.7 Å². The lowest BCUT2D eigenvalue weighted by atomic mass is 10.0. The summed E-state index contributed by atoms with van der Waals surface area (Å²) < 4.78 is 19.9. The van der Waals surface area contributed by atoms with Crippen LogP contribution in [-0.4, -0.2) is 22.1 Å². The molecule has 0 spiro atoms. The van der Waals surface area contributed by atoms with E-state index in [1.165, 1.54) is 28.0 Å². The molecule has 0 bridgehead atoms. The zero-order chi connectivity index (χ0) is 19.8. The minimum absolute atomic E-state index is 0.230. The van der Waals surface area contributed by atoms with Crippen LogP contribution in [0.25, 0.3) is 21.3 Å². The fourth-order valence-electron chi connectivity index (χ4n) is 3.09. The van der Waals surface area contributed by atoms with Gasteiger partial charge in [-0.3, -0.25) is 9.36 Å². The highest BCUT2D eigenvalue weighted by atomic mass is 32.1. The van der Waals surface area contributed by atoms with E-state index in [0.717, 1.165) is 5.56 Å². The number of nitrogens with zero attached hydrogens (tertiary/aromatic N) is 2. The number of carbonyl (C=O) groups excluding carboxylic acids is 1. The van der Waals surface area contributed by atoms with Gasteiger partial charge in [0.1, 0.15) is 22.0 Å². The smallest absolute Gasteiger partial charge is 0.331 e. The molecule has 3 aromatic rings. The Morgan fingerprint density at radius 1 is 1.26 bits per heavy atom. The molecule has 2 aromatic heterocycles. The van der Waals surface area contributed by atoms with Crippen LogP contribution < -0.4 is 5.56 Å². The molecule has 3 rings (SSSR count). The summed E-state index contributed by atoms with van der Waals surface area (Å²) in [5.41, 5.74) is -0.0768. The summed E-state index contributed by atoms with van der Waals surface area (Å²) in [5.74, 6) is -0.301. The summed E-state index contributed by atoms with van der Waals surface area (Å²) >= 11 is 1.36. The first-order valence-electron chi connectivity index (χ1n) is 8.78. The predicted molar refractivity (Wildman–Crippen MR) is 105 cm³/mol. The maximum absolute atomic E-state index is 13.4. The molecule has 0 fully saturated rings. The molecule has 0 aliphatic rings. The van der Waals surface area contributed by atoms with Gasteiger partial charge in [-0.25, -0.2) is 14.2 Å². The third-order valence-corrected chi connectivity index (χ3v) is 5.35. The van der Waals surface area contributed by atoms with E-state index < -0.39 is 11.5 Å². The van der Waals surface area contributed by atoms with E-state index in [0.29, 0.717) is 28.0 Å². The highest BCUT2D eigenvalue weighted by Crippen LogP contribution is 2.32. The normalized spacial score (nSPS) is 11.7. The topological polar surface area (TPSA) is 61.2 Å². The molecule has 0 saturated heterocycles. The second-order valence-electron chi connectivity index (χ2n) is 6.64. The molecule has 2 heterocycles. The van der Waals surface area contributed by atoms with Gasteiger partial charge < -0.3 is 4.74 Å². The van der Waals surface area contributed by atoms with Crippen LogP contribution in [0.2, 0.25) is 0 Å². The molecule has 0 amide bonds. The molecule has 5 nitrogen and oxygen atoms in total. The van der Waals surface area contributed by atoms with E-state index in [9.17, 15) is 14.0 Å². The Kier molecular flexibility index (Phi) is 5.15. The van der Waals surface area contributed by atoms with Gasteiger partial charge in [0.2, 0.25) is 0 Å². The summed E-state index contributed by atoms with van der Waals surface area (Å²) in [6, 6.07) is 5.97. The third-order valence-electron chi connectivity index (χ3n) is 4.48. The van der Waals surface area contributed by atoms with Gasteiger partial charge in [-0.05, 0) is 38.5 Å². The van der Waals surface area contributed by atoms with Gasteiger partial charge in [0.05, 0.1) is 12.0 Å². The van der Waals surface area contributed by atoms with Crippen molar-refractivity contribution in [1.82, 2.24) is 9.55 Å². The molecular formula is C20H21FN2O3S. The van der Waals surface area contributed by atoms with Crippen molar-refractivity contribution >= 4 is 27.5 Å². The Balaban J connectivity index is 2.30. The van der Waals surface area contributed by atoms with Crippen LogP contribution in [0.4, 0.5) is 4.39 Å². The summed E-state index contributed by atoms with van der Waals surface area (Å²) in [7, 11) is 0. The second kappa shape index (κ2) is 7.23. The first kappa shape index (κ1) is 19.2. The molecule has 1 aromatic carbocycles. The van der Waals surface area contributed by atoms with E-state index in [1.54, 1.807) is 32.9 Å². The van der Waals surface area contributed by atoms with E-state index in [2.05, 4.69) is 4.98 Å². The maximum atomic E-state index is 13.4. The number of carbonyl (C=O) groups is 1. The highest BCUT2D eigenvalue weighted by molar-refractivity contribution is 7.17. The van der Waals surface area contributed by atoms with Crippen molar-refractivity contribution in [3.8, 4) is 11.1 Å². The summed E-state index contributed by atoms with van der Waals surface area (Å²) in [6.45, 7) is 7.16. The Morgan fingerprint density at radius 2 is 1.93 bits per heavy atom. The number of thiophene rings is 1. The molecule has 0 saturated carbocycles. The molecule has 0 N–H and O–H groups in total. The number of aromatic nitrogens is 2. The number of hydrogen-bond acceptors (Lipinski definition) is 5. The summed E-state index contributed by atoms with van der Waals surface area (Å²) in [5, 5.41) is 2.27. The van der Waals surface area contributed by atoms with Crippen LogP contribution in [0.1, 0.15) is 33.5 Å². The number of ether oxygens (including phenoxy) is 1. The zero-order valence-electron chi connectivity index (χ0n) is 15.7. The average Bonchev–Trinajstić information content (AvgIpc) is 3.06. The molecule has 7 heteroatoms. The van der Waals surface area contributed by atoms with Gasteiger partial charge in [0.25, 0.3) is 5.56 Å². The van der Waals surface area contributed by atoms with Gasteiger partial charge in [-0.1, -0.05) is 19.1 Å². The van der Waals surface area contributed by atoms with Crippen molar-refractivity contribution < 1.29 is 13.9 Å². The van der Waals surface area contributed by atoms with Gasteiger partial charge >= 0.3 is 5.97 Å². The van der Waals surface area contributed by atoms with Crippen molar-refractivity contribution in [1.29, 1.82) is 0 Å². The average molecular weight is 388 g/mol. The lowest BCUT2D eigenvalue weighted by molar-refractivity contribution is -0.152. The predicted octanol–water partition coefficient (Wildman–Crippen LogP) is 4.12. The van der Waals surface area contributed by atoms with Crippen molar-refractivity contribution in [2.24, 2.45) is 0 Å². The zero-order valence-corrected chi connectivity index (χ0v) is 16.5. The minimum atomic E-state index is -1.19. The Labute approximate surface area is 160 Å². The number of fused-ring (bicyclic) bond motifs is 1. The van der Waals surface area contributed by atoms with E-state index in [1.807, 2.05) is 12.3 Å². The fraction of sp³-hybridized carbons (Fsp3) is 0.350. The Bertz CT molecular complexity index is 1050. The van der Waals surface area contributed by atoms with Gasteiger partial charge in [-0.15, -0.1) is 11.3 Å². The number of benzene rings is 1. The number of rotatable bonds is 5. The maximum Gasteiger partial charge on any atom is 0.331 e. The van der Waals surface area contributed by atoms with Crippen LogP contribution in [0.3, 0.4) is 0 Å². The van der Waals surface area contributed by atoms with Crippen molar-refractivity contribution in [3.63, 3.8) is 0 Å². The van der Waals surface area contributed by atoms with Crippen LogP contribution in [-0.2, 0) is 21.5 Å².